The summed E-state index contributed by atoms with van der Waals surface area (Å²) in [5.41, 5.74) is 1.70. The second kappa shape index (κ2) is 12.6. The Bertz CT molecular complexity index is 800. The third-order valence-corrected chi connectivity index (χ3v) is 5.08. The van der Waals surface area contributed by atoms with Crippen molar-refractivity contribution in [2.24, 2.45) is 0 Å². The van der Waals surface area contributed by atoms with Gasteiger partial charge in [0.1, 0.15) is 5.82 Å². The highest BCUT2D eigenvalue weighted by molar-refractivity contribution is 6.31. The topological polar surface area (TPSA) is 49.4 Å². The number of nitrogens with one attached hydrogen (secondary N) is 1. The maximum atomic E-state index is 12.5. The van der Waals surface area contributed by atoms with Crippen molar-refractivity contribution in [3.05, 3.63) is 63.4 Å². The minimum absolute atomic E-state index is 0.00694. The molecule has 0 radical (unpaired) electrons. The molecule has 2 heterocycles. The highest BCUT2D eigenvalue weighted by Crippen LogP contribution is 2.26. The lowest BCUT2D eigenvalue weighted by Gasteiger charge is -2.19. The molecule has 2 aromatic carbocycles. The number of rotatable bonds is 3. The number of halogens is 3. The quantitative estimate of drug-likeness (QED) is 0.650. The average Bonchev–Trinajstić information content (AvgIpc) is 3.47. The second-order valence-electron chi connectivity index (χ2n) is 6.76. The van der Waals surface area contributed by atoms with E-state index >= 15 is 0 Å². The number of carbonyl (C=O) groups is 2. The summed E-state index contributed by atoms with van der Waals surface area (Å²) in [6.45, 7) is 4.59. The Balaban J connectivity index is 0.000000173. The van der Waals surface area contributed by atoms with Crippen LogP contribution in [0, 0.1) is 5.82 Å². The third-order valence-electron chi connectivity index (χ3n) is 4.61. The second-order valence-corrected chi connectivity index (χ2v) is 7.63. The first-order chi connectivity index (χ1) is 14.0. The van der Waals surface area contributed by atoms with Crippen molar-refractivity contribution in [3.8, 4) is 0 Å². The van der Waals surface area contributed by atoms with Crippen molar-refractivity contribution in [1.29, 1.82) is 0 Å². The number of anilines is 1. The maximum Gasteiger partial charge on any atom is 0.153 e. The van der Waals surface area contributed by atoms with E-state index in [9.17, 15) is 14.0 Å². The summed E-state index contributed by atoms with van der Waals surface area (Å²) in [5.74, 6) is -0.542. The molecule has 2 fully saturated rings. The predicted octanol–water partition coefficient (Wildman–Crippen LogP) is 5.41. The van der Waals surface area contributed by atoms with Crippen molar-refractivity contribution < 1.29 is 14.0 Å². The van der Waals surface area contributed by atoms with Crippen LogP contribution in [0.15, 0.2) is 36.4 Å². The van der Waals surface area contributed by atoms with Crippen LogP contribution in [0.1, 0.15) is 46.4 Å². The molecule has 156 valence electrons. The van der Waals surface area contributed by atoms with Crippen molar-refractivity contribution in [2.75, 3.05) is 31.1 Å². The zero-order chi connectivity index (χ0) is 21.1. The molecule has 2 aliphatic rings. The van der Waals surface area contributed by atoms with Crippen molar-refractivity contribution in [1.82, 2.24) is 5.32 Å². The standard InChI is InChI=1S/C11H12ClNO.C7H4ClFO.C4H9N/c12-10-3-4-11(9(7-10)8-14)13-5-1-2-6-13;8-6-1-2-7(9)5(3-6)4-10;1-2-4-5-3-1/h3-4,7-8H,1-2,5-6H2;1-4H;5H,1-4H2. The Morgan fingerprint density at radius 3 is 1.86 bits per heavy atom. The first-order valence-electron chi connectivity index (χ1n) is 9.65. The van der Waals surface area contributed by atoms with Crippen LogP contribution in [0.5, 0.6) is 0 Å². The van der Waals surface area contributed by atoms with Crippen molar-refractivity contribution in [2.45, 2.75) is 25.7 Å². The molecule has 4 nitrogen and oxygen atoms in total. The summed E-state index contributed by atoms with van der Waals surface area (Å²) in [6, 6.07) is 9.32. The van der Waals surface area contributed by atoms with Gasteiger partial charge in [0, 0.05) is 34.4 Å². The fourth-order valence-corrected chi connectivity index (χ4v) is 3.46. The van der Waals surface area contributed by atoms with E-state index in [0.717, 1.165) is 31.1 Å². The Labute approximate surface area is 181 Å². The summed E-state index contributed by atoms with van der Waals surface area (Å²) in [7, 11) is 0. The first-order valence-corrected chi connectivity index (χ1v) is 10.4. The van der Waals surface area contributed by atoms with E-state index in [-0.39, 0.29) is 5.56 Å². The Morgan fingerprint density at radius 1 is 0.828 bits per heavy atom. The van der Waals surface area contributed by atoms with Gasteiger partial charge in [-0.05, 0) is 75.2 Å². The molecule has 29 heavy (non-hydrogen) atoms. The zero-order valence-electron chi connectivity index (χ0n) is 16.2. The molecule has 0 aromatic heterocycles. The number of hydrogen-bond donors (Lipinski definition) is 1. The van der Waals surface area contributed by atoms with Gasteiger partial charge in [-0.2, -0.15) is 0 Å². The van der Waals surface area contributed by atoms with Gasteiger partial charge in [-0.15, -0.1) is 0 Å². The molecule has 1 N–H and O–H groups in total. The highest BCUT2D eigenvalue weighted by atomic mass is 35.5. The van der Waals surface area contributed by atoms with Crippen LogP contribution < -0.4 is 10.2 Å². The number of nitrogens with zero attached hydrogens (tertiary/aromatic N) is 1. The van der Waals surface area contributed by atoms with Gasteiger partial charge in [0.05, 0.1) is 5.56 Å². The minimum atomic E-state index is -0.542. The summed E-state index contributed by atoms with van der Waals surface area (Å²) in [6.07, 6.45) is 6.50. The summed E-state index contributed by atoms with van der Waals surface area (Å²) in [5, 5.41) is 4.21. The van der Waals surface area contributed by atoms with Crippen LogP contribution in [-0.2, 0) is 0 Å². The number of aldehydes is 2. The first kappa shape index (κ1) is 23.3. The Hall–Kier alpha value is -1.95. The van der Waals surface area contributed by atoms with E-state index in [2.05, 4.69) is 10.2 Å². The largest absolute Gasteiger partial charge is 0.371 e. The SMILES string of the molecule is C1CCNC1.O=Cc1cc(Cl)ccc1F.O=Cc1cc(Cl)ccc1N1CCCC1. The molecule has 0 spiro atoms. The number of carbonyl (C=O) groups excluding carboxylic acids is 2. The third kappa shape index (κ3) is 7.77. The molecule has 7 heteroatoms. The monoisotopic (exact) mass is 438 g/mol. The maximum absolute atomic E-state index is 12.5. The van der Waals surface area contributed by atoms with Gasteiger partial charge in [0.2, 0.25) is 0 Å². The molecule has 0 bridgehead atoms. The van der Waals surface area contributed by atoms with Gasteiger partial charge < -0.3 is 10.2 Å². The van der Waals surface area contributed by atoms with Gasteiger partial charge in [0.15, 0.2) is 12.6 Å². The van der Waals surface area contributed by atoms with E-state index < -0.39 is 5.82 Å². The highest BCUT2D eigenvalue weighted by Gasteiger charge is 2.15. The van der Waals surface area contributed by atoms with Crippen LogP contribution in [0.3, 0.4) is 0 Å². The van der Waals surface area contributed by atoms with Crippen molar-refractivity contribution >= 4 is 41.5 Å². The molecule has 0 saturated carbocycles. The number of hydrogen-bond acceptors (Lipinski definition) is 4. The van der Waals surface area contributed by atoms with Gasteiger partial charge >= 0.3 is 0 Å². The lowest BCUT2D eigenvalue weighted by Crippen LogP contribution is -2.19. The van der Waals surface area contributed by atoms with Gasteiger partial charge in [-0.3, -0.25) is 9.59 Å². The zero-order valence-corrected chi connectivity index (χ0v) is 17.7. The van der Waals surface area contributed by atoms with Crippen molar-refractivity contribution in [3.63, 3.8) is 0 Å². The Morgan fingerprint density at radius 2 is 1.38 bits per heavy atom. The molecule has 2 aromatic rings. The van der Waals surface area contributed by atoms with Crippen LogP contribution in [0.2, 0.25) is 10.0 Å². The fourth-order valence-electron chi connectivity index (χ4n) is 3.10. The molecule has 0 aliphatic carbocycles. The summed E-state index contributed by atoms with van der Waals surface area (Å²) < 4.78 is 12.5. The lowest BCUT2D eigenvalue weighted by molar-refractivity contribution is 0.111. The minimum Gasteiger partial charge on any atom is -0.371 e. The molecule has 0 atom stereocenters. The summed E-state index contributed by atoms with van der Waals surface area (Å²) in [4.78, 5) is 23.2. The van der Waals surface area contributed by atoms with Gasteiger partial charge in [0.25, 0.3) is 0 Å². The summed E-state index contributed by atoms with van der Waals surface area (Å²) >= 11 is 11.3. The van der Waals surface area contributed by atoms with Crippen LogP contribution >= 0.6 is 23.2 Å². The van der Waals surface area contributed by atoms with E-state index in [4.69, 9.17) is 23.2 Å². The molecule has 0 unspecified atom stereocenters. The van der Waals surface area contributed by atoms with E-state index in [1.165, 1.54) is 50.9 Å². The smallest absolute Gasteiger partial charge is 0.153 e. The molecule has 2 aliphatic heterocycles. The fraction of sp³-hybridized carbons (Fsp3) is 0.364. The molecule has 4 rings (SSSR count). The average molecular weight is 439 g/mol. The van der Waals surface area contributed by atoms with E-state index in [0.29, 0.717) is 21.9 Å². The Kier molecular flexibility index (Phi) is 10.1. The molecule has 0 amide bonds. The predicted molar refractivity (Wildman–Crippen MR) is 117 cm³/mol. The molecular formula is C22H25Cl2FN2O2. The van der Waals surface area contributed by atoms with Gasteiger partial charge in [-0.25, -0.2) is 4.39 Å². The molecular weight excluding hydrogens is 414 g/mol. The van der Waals surface area contributed by atoms with Crippen LogP contribution in [0.25, 0.3) is 0 Å². The van der Waals surface area contributed by atoms with Gasteiger partial charge in [-0.1, -0.05) is 23.2 Å². The normalized spacial score (nSPS) is 15.1. The van der Waals surface area contributed by atoms with Crippen LogP contribution in [-0.4, -0.2) is 38.8 Å². The lowest BCUT2D eigenvalue weighted by atomic mass is 10.2. The van der Waals surface area contributed by atoms with Crippen LogP contribution in [0.4, 0.5) is 10.1 Å². The van der Waals surface area contributed by atoms with E-state index in [1.54, 1.807) is 6.07 Å². The number of benzene rings is 2. The van der Waals surface area contributed by atoms with E-state index in [1.807, 2.05) is 12.1 Å². The molecule has 2 saturated heterocycles.